The van der Waals surface area contributed by atoms with Gasteiger partial charge in [0.05, 0.1) is 23.8 Å². The van der Waals surface area contributed by atoms with Gasteiger partial charge in [0.1, 0.15) is 0 Å². The van der Waals surface area contributed by atoms with E-state index in [2.05, 4.69) is 10.6 Å². The first-order valence-electron chi connectivity index (χ1n) is 13.7. The predicted molar refractivity (Wildman–Crippen MR) is 157 cm³/mol. The van der Waals surface area contributed by atoms with Crippen LogP contribution in [0.15, 0.2) is 53.7 Å². The molecule has 1 saturated heterocycles. The summed E-state index contributed by atoms with van der Waals surface area (Å²) < 4.78 is 44.0. The van der Waals surface area contributed by atoms with Crippen molar-refractivity contribution in [1.29, 1.82) is 0 Å². The standard InChI is InChI=1S/C29H32Cl2F3N5O4/c1-4-38-23(24(26(40)43-5-2)25(36-28(38)42)21-11-8-19(30)14-22(21)31)16-37-12-13-39(17(3)15-37)27(41)35-20-9-6-18(7-10-20)29(32,33)34/h6-11,14,17,25H,4-5,12-13,15-16H2,1-3H3,(H,35,41)(H,36,42)/t17-,25+/m1/s1. The average Bonchev–Trinajstić information content (AvgIpc) is 2.93. The Morgan fingerprint density at radius 3 is 2.37 bits per heavy atom. The zero-order valence-electron chi connectivity index (χ0n) is 23.8. The summed E-state index contributed by atoms with van der Waals surface area (Å²) in [6.45, 7) is 7.09. The molecular formula is C29H32Cl2F3N5O4. The van der Waals surface area contributed by atoms with Gasteiger partial charge in [-0.3, -0.25) is 9.80 Å². The molecule has 14 heteroatoms. The van der Waals surface area contributed by atoms with Crippen LogP contribution in [0.3, 0.4) is 0 Å². The van der Waals surface area contributed by atoms with Gasteiger partial charge >= 0.3 is 24.2 Å². The molecule has 2 N–H and O–H groups in total. The van der Waals surface area contributed by atoms with Crippen LogP contribution in [0.4, 0.5) is 28.4 Å². The van der Waals surface area contributed by atoms with Crippen molar-refractivity contribution < 1.29 is 32.3 Å². The molecule has 0 saturated carbocycles. The largest absolute Gasteiger partial charge is 0.463 e. The van der Waals surface area contributed by atoms with Crippen molar-refractivity contribution >= 4 is 46.9 Å². The van der Waals surface area contributed by atoms with Crippen LogP contribution in [0.1, 0.15) is 37.9 Å². The Hall–Kier alpha value is -3.48. The Balaban J connectivity index is 1.55. The van der Waals surface area contributed by atoms with E-state index in [4.69, 9.17) is 27.9 Å². The zero-order valence-corrected chi connectivity index (χ0v) is 25.3. The first kappa shape index (κ1) is 32.4. The highest BCUT2D eigenvalue weighted by Gasteiger charge is 2.40. The topological polar surface area (TPSA) is 94.2 Å². The van der Waals surface area contributed by atoms with E-state index in [-0.39, 0.29) is 42.0 Å². The smallest absolute Gasteiger partial charge is 0.416 e. The van der Waals surface area contributed by atoms with Crippen LogP contribution in [0.2, 0.25) is 10.0 Å². The molecular weight excluding hydrogens is 610 g/mol. The fraction of sp³-hybridized carbons (Fsp3) is 0.414. The second kappa shape index (κ2) is 13.4. The van der Waals surface area contributed by atoms with Gasteiger partial charge in [0.25, 0.3) is 0 Å². The van der Waals surface area contributed by atoms with Gasteiger partial charge in [0, 0.05) is 60.2 Å². The minimum absolute atomic E-state index is 0.126. The molecule has 4 rings (SSSR count). The molecule has 0 aliphatic carbocycles. The van der Waals surface area contributed by atoms with Gasteiger partial charge in [-0.1, -0.05) is 29.3 Å². The average molecular weight is 643 g/mol. The van der Waals surface area contributed by atoms with Crippen LogP contribution >= 0.6 is 23.2 Å². The van der Waals surface area contributed by atoms with Gasteiger partial charge in [0.15, 0.2) is 0 Å². The number of carbonyl (C=O) groups excluding carboxylic acids is 3. The van der Waals surface area contributed by atoms with Crippen molar-refractivity contribution in [1.82, 2.24) is 20.0 Å². The van der Waals surface area contributed by atoms with E-state index in [0.29, 0.717) is 35.9 Å². The number of nitrogens with zero attached hydrogens (tertiary/aromatic N) is 3. The summed E-state index contributed by atoms with van der Waals surface area (Å²) in [7, 11) is 0. The molecule has 0 unspecified atom stereocenters. The summed E-state index contributed by atoms with van der Waals surface area (Å²) in [5.74, 6) is -0.588. The maximum absolute atomic E-state index is 13.4. The summed E-state index contributed by atoms with van der Waals surface area (Å²) in [6, 6.07) is 7.06. The zero-order chi connectivity index (χ0) is 31.5. The second-order valence-electron chi connectivity index (χ2n) is 10.2. The van der Waals surface area contributed by atoms with Gasteiger partial charge in [-0.25, -0.2) is 14.4 Å². The molecule has 4 amide bonds. The number of hydrogen-bond donors (Lipinski definition) is 2. The molecule has 2 aromatic rings. The third kappa shape index (κ3) is 7.36. The number of hydrogen-bond acceptors (Lipinski definition) is 5. The summed E-state index contributed by atoms with van der Waals surface area (Å²) in [5, 5.41) is 6.22. The lowest BCUT2D eigenvalue weighted by molar-refractivity contribution is -0.139. The van der Waals surface area contributed by atoms with Gasteiger partial charge in [0.2, 0.25) is 0 Å². The maximum atomic E-state index is 13.4. The van der Waals surface area contributed by atoms with Crippen LogP contribution in [0, 0.1) is 0 Å². The Kier molecular flexibility index (Phi) is 10.1. The van der Waals surface area contributed by atoms with Crippen LogP contribution in [0.5, 0.6) is 0 Å². The lowest BCUT2D eigenvalue weighted by Gasteiger charge is -2.42. The minimum Gasteiger partial charge on any atom is -0.463 e. The van der Waals surface area contributed by atoms with Crippen LogP contribution in [0.25, 0.3) is 0 Å². The maximum Gasteiger partial charge on any atom is 0.416 e. The Labute approximate surface area is 257 Å². The second-order valence-corrected chi connectivity index (χ2v) is 11.0. The molecule has 43 heavy (non-hydrogen) atoms. The normalized spacial score (nSPS) is 19.8. The van der Waals surface area contributed by atoms with Crippen molar-refractivity contribution in [2.45, 2.75) is 39.0 Å². The molecule has 2 heterocycles. The molecule has 1 fully saturated rings. The molecule has 9 nitrogen and oxygen atoms in total. The predicted octanol–water partition coefficient (Wildman–Crippen LogP) is 6.15. The molecule has 232 valence electrons. The number of ether oxygens (including phenoxy) is 1. The highest BCUT2D eigenvalue weighted by atomic mass is 35.5. The van der Waals surface area contributed by atoms with Crippen LogP contribution < -0.4 is 10.6 Å². The number of anilines is 1. The number of likely N-dealkylation sites (N-methyl/N-ethyl adjacent to an activating group) is 1. The minimum atomic E-state index is -4.47. The monoisotopic (exact) mass is 641 g/mol. The lowest BCUT2D eigenvalue weighted by atomic mass is 9.94. The number of halogens is 5. The van der Waals surface area contributed by atoms with Gasteiger partial charge in [-0.15, -0.1) is 0 Å². The number of esters is 1. The number of amides is 4. The number of piperazine rings is 1. The number of alkyl halides is 3. The van der Waals surface area contributed by atoms with Gasteiger partial charge < -0.3 is 20.3 Å². The third-order valence-electron chi connectivity index (χ3n) is 7.33. The van der Waals surface area contributed by atoms with E-state index in [1.807, 2.05) is 11.8 Å². The number of urea groups is 2. The summed E-state index contributed by atoms with van der Waals surface area (Å²) >= 11 is 12.6. The Bertz CT molecular complexity index is 1400. The van der Waals surface area contributed by atoms with Crippen molar-refractivity contribution in [3.63, 3.8) is 0 Å². The van der Waals surface area contributed by atoms with E-state index >= 15 is 0 Å². The SMILES string of the molecule is CCOC(=O)C1=C(CN2CCN(C(=O)Nc3ccc(C(F)(F)F)cc3)[C@H](C)C2)N(CC)C(=O)N[C@H]1c1ccc(Cl)cc1Cl. The molecule has 0 spiro atoms. The van der Waals surface area contributed by atoms with Crippen molar-refractivity contribution in [3.05, 3.63) is 74.9 Å². The number of carbonyl (C=O) groups is 3. The summed E-state index contributed by atoms with van der Waals surface area (Å²) in [4.78, 5) is 44.7. The fourth-order valence-electron chi connectivity index (χ4n) is 5.25. The van der Waals surface area contributed by atoms with Crippen molar-refractivity contribution in [2.24, 2.45) is 0 Å². The molecule has 2 aliphatic heterocycles. The van der Waals surface area contributed by atoms with Crippen LogP contribution in [-0.4, -0.2) is 78.1 Å². The summed E-state index contributed by atoms with van der Waals surface area (Å²) in [5.41, 5.74) is 0.657. The fourth-order valence-corrected chi connectivity index (χ4v) is 5.77. The van der Waals surface area contributed by atoms with E-state index in [1.54, 1.807) is 30.9 Å². The van der Waals surface area contributed by atoms with E-state index in [1.165, 1.54) is 23.1 Å². The molecule has 2 aromatic carbocycles. The van der Waals surface area contributed by atoms with Crippen LogP contribution in [-0.2, 0) is 15.7 Å². The lowest BCUT2D eigenvalue weighted by Crippen LogP contribution is -2.57. The molecule has 0 bridgehead atoms. The Morgan fingerprint density at radius 2 is 1.79 bits per heavy atom. The molecule has 0 radical (unpaired) electrons. The third-order valence-corrected chi connectivity index (χ3v) is 7.90. The molecule has 2 aliphatic rings. The number of rotatable bonds is 7. The molecule has 2 atom stereocenters. The van der Waals surface area contributed by atoms with Gasteiger partial charge in [-0.05, 0) is 62.7 Å². The van der Waals surface area contributed by atoms with Crippen molar-refractivity contribution in [3.8, 4) is 0 Å². The van der Waals surface area contributed by atoms with E-state index in [9.17, 15) is 27.6 Å². The van der Waals surface area contributed by atoms with E-state index < -0.39 is 35.8 Å². The highest BCUT2D eigenvalue weighted by molar-refractivity contribution is 6.35. The first-order chi connectivity index (χ1) is 20.3. The first-order valence-corrected chi connectivity index (χ1v) is 14.5. The van der Waals surface area contributed by atoms with Gasteiger partial charge in [-0.2, -0.15) is 13.2 Å². The number of benzene rings is 2. The van der Waals surface area contributed by atoms with E-state index in [0.717, 1.165) is 12.1 Å². The Morgan fingerprint density at radius 1 is 1.09 bits per heavy atom. The van der Waals surface area contributed by atoms with Crippen molar-refractivity contribution in [2.75, 3.05) is 44.6 Å². The molecule has 0 aromatic heterocycles. The quantitative estimate of drug-likeness (QED) is 0.354. The summed E-state index contributed by atoms with van der Waals surface area (Å²) in [6.07, 6.45) is -4.47. The highest BCUT2D eigenvalue weighted by Crippen LogP contribution is 2.36. The number of nitrogens with one attached hydrogen (secondary N) is 2.